The zero-order chi connectivity index (χ0) is 14.8. The number of aliphatic carboxylic acids is 1. The Bertz CT molecular complexity index is 338. The van der Waals surface area contributed by atoms with E-state index in [1.165, 1.54) is 0 Å². The lowest BCUT2D eigenvalue weighted by atomic mass is 10.0. The van der Waals surface area contributed by atoms with Crippen LogP contribution in [0.3, 0.4) is 0 Å². The molecular weight excluding hydrogens is 276 g/mol. The van der Waals surface area contributed by atoms with E-state index in [1.54, 1.807) is 0 Å². The van der Waals surface area contributed by atoms with Gasteiger partial charge >= 0.3 is 24.4 Å². The molecule has 11 heteroatoms. The summed E-state index contributed by atoms with van der Waals surface area (Å²) in [5.41, 5.74) is -3.74. The molecule has 18 heavy (non-hydrogen) atoms. The molecule has 2 N–H and O–H groups in total. The van der Waals surface area contributed by atoms with Crippen molar-refractivity contribution in [1.82, 2.24) is 5.32 Å². The van der Waals surface area contributed by atoms with Crippen LogP contribution in [0.2, 0.25) is 0 Å². The number of halogens is 6. The summed E-state index contributed by atoms with van der Waals surface area (Å²) in [6.07, 6.45) is -12.5. The minimum atomic E-state index is -5.41. The number of alkyl halides is 6. The molecule has 0 aliphatic carbocycles. The first-order valence-corrected chi connectivity index (χ1v) is 4.11. The van der Waals surface area contributed by atoms with Crippen LogP contribution in [0.15, 0.2) is 0 Å². The predicted octanol–water partition coefficient (Wildman–Crippen LogP) is 1.68. The van der Waals surface area contributed by atoms with E-state index in [2.05, 4.69) is 4.74 Å². The van der Waals surface area contributed by atoms with Gasteiger partial charge in [0.1, 0.15) is 0 Å². The fourth-order valence-electron chi connectivity index (χ4n) is 0.633. The summed E-state index contributed by atoms with van der Waals surface area (Å²) in [6, 6.07) is 0. The van der Waals surface area contributed by atoms with E-state index < -0.39 is 36.6 Å². The van der Waals surface area contributed by atoms with Crippen LogP contribution in [0.1, 0.15) is 6.92 Å². The highest BCUT2D eigenvalue weighted by Gasteiger charge is 2.59. The highest BCUT2D eigenvalue weighted by molar-refractivity contribution is 5.84. The number of carboxylic acid groups (broad SMARTS) is 1. The molecule has 1 amide bonds. The minimum absolute atomic E-state index is 0.0736. The van der Waals surface area contributed by atoms with Crippen LogP contribution < -0.4 is 5.32 Å². The molecule has 1 unspecified atom stereocenters. The van der Waals surface area contributed by atoms with E-state index >= 15 is 0 Å². The van der Waals surface area contributed by atoms with E-state index in [0.717, 1.165) is 5.32 Å². The molecule has 1 atom stereocenters. The summed E-state index contributed by atoms with van der Waals surface area (Å²) >= 11 is 0. The highest BCUT2D eigenvalue weighted by atomic mass is 19.4. The van der Waals surface area contributed by atoms with Gasteiger partial charge in [-0.25, -0.2) is 9.59 Å². The molecule has 0 rings (SSSR count). The van der Waals surface area contributed by atoms with Crippen LogP contribution in [0, 0.1) is 0 Å². The standard InChI is InChI=1S/C7H7F6NO4/c1-5(3(15)16,7(11,12)13)14-4(17)18-2-6(8,9)10/h2H2,1H3,(H,14,17)(H,15,16). The lowest BCUT2D eigenvalue weighted by Gasteiger charge is -2.28. The fraction of sp³-hybridized carbons (Fsp3) is 0.714. The second-order valence-corrected chi connectivity index (χ2v) is 3.24. The van der Waals surface area contributed by atoms with E-state index in [9.17, 15) is 35.9 Å². The van der Waals surface area contributed by atoms with Gasteiger partial charge in [-0.05, 0) is 6.92 Å². The average molecular weight is 283 g/mol. The summed E-state index contributed by atoms with van der Waals surface area (Å²) in [5.74, 6) is -2.49. The molecule has 0 aromatic rings. The molecule has 0 radical (unpaired) electrons. The van der Waals surface area contributed by atoms with Crippen molar-refractivity contribution in [2.24, 2.45) is 0 Å². The Morgan fingerprint density at radius 1 is 1.17 bits per heavy atom. The molecule has 106 valence electrons. The molecule has 0 aromatic heterocycles. The monoisotopic (exact) mass is 283 g/mol. The summed E-state index contributed by atoms with van der Waals surface area (Å²) in [4.78, 5) is 21.1. The van der Waals surface area contributed by atoms with Gasteiger partial charge < -0.3 is 9.84 Å². The summed E-state index contributed by atoms with van der Waals surface area (Å²) in [7, 11) is 0. The average Bonchev–Trinajstić information content (AvgIpc) is 2.11. The number of hydrogen-bond acceptors (Lipinski definition) is 3. The third-order valence-electron chi connectivity index (χ3n) is 1.71. The van der Waals surface area contributed by atoms with Gasteiger partial charge in [-0.2, -0.15) is 26.3 Å². The lowest BCUT2D eigenvalue weighted by Crippen LogP contribution is -2.62. The van der Waals surface area contributed by atoms with Crippen molar-refractivity contribution in [3.05, 3.63) is 0 Å². The van der Waals surface area contributed by atoms with Crippen molar-refractivity contribution < 1.29 is 45.8 Å². The number of carboxylic acids is 1. The fourth-order valence-corrected chi connectivity index (χ4v) is 0.633. The Morgan fingerprint density at radius 2 is 1.61 bits per heavy atom. The van der Waals surface area contributed by atoms with Crippen molar-refractivity contribution in [2.75, 3.05) is 6.61 Å². The van der Waals surface area contributed by atoms with Gasteiger partial charge in [-0.1, -0.05) is 0 Å². The predicted molar refractivity (Wildman–Crippen MR) is 42.6 cm³/mol. The summed E-state index contributed by atoms with van der Waals surface area (Å²) in [6.45, 7) is -2.06. The van der Waals surface area contributed by atoms with Crippen molar-refractivity contribution >= 4 is 12.1 Å². The van der Waals surface area contributed by atoms with Crippen LogP contribution in [-0.4, -0.2) is 41.7 Å². The quantitative estimate of drug-likeness (QED) is 0.773. The third-order valence-corrected chi connectivity index (χ3v) is 1.71. The molecule has 0 saturated carbocycles. The maximum Gasteiger partial charge on any atom is 0.422 e. The van der Waals surface area contributed by atoms with Crippen LogP contribution in [-0.2, 0) is 9.53 Å². The number of carbonyl (C=O) groups excluding carboxylic acids is 1. The molecule has 0 heterocycles. The first kappa shape index (κ1) is 16.3. The van der Waals surface area contributed by atoms with Crippen LogP contribution in [0.5, 0.6) is 0 Å². The topological polar surface area (TPSA) is 75.6 Å². The SMILES string of the molecule is CC(NC(=O)OCC(F)(F)F)(C(=O)O)C(F)(F)F. The minimum Gasteiger partial charge on any atom is -0.479 e. The van der Waals surface area contributed by atoms with Gasteiger partial charge in [0.25, 0.3) is 0 Å². The largest absolute Gasteiger partial charge is 0.479 e. The molecular formula is C7H7F6NO4. The molecule has 5 nitrogen and oxygen atoms in total. The number of nitrogens with one attached hydrogen (secondary N) is 1. The van der Waals surface area contributed by atoms with Gasteiger partial charge in [0, 0.05) is 0 Å². The van der Waals surface area contributed by atoms with Crippen LogP contribution in [0.4, 0.5) is 31.1 Å². The normalized spacial score (nSPS) is 15.7. The number of alkyl carbamates (subject to hydrolysis) is 1. The van der Waals surface area contributed by atoms with Gasteiger partial charge in [-0.3, -0.25) is 5.32 Å². The molecule has 0 bridgehead atoms. The third kappa shape index (κ3) is 4.30. The van der Waals surface area contributed by atoms with Gasteiger partial charge in [0.15, 0.2) is 6.61 Å². The number of amides is 1. The Morgan fingerprint density at radius 3 is 1.89 bits per heavy atom. The second-order valence-electron chi connectivity index (χ2n) is 3.24. The lowest BCUT2D eigenvalue weighted by molar-refractivity contribution is -0.205. The number of ether oxygens (including phenoxy) is 1. The highest BCUT2D eigenvalue weighted by Crippen LogP contribution is 2.30. The first-order chi connectivity index (χ1) is 7.79. The van der Waals surface area contributed by atoms with Crippen molar-refractivity contribution in [3.63, 3.8) is 0 Å². The molecule has 0 aliphatic rings. The van der Waals surface area contributed by atoms with Crippen LogP contribution >= 0.6 is 0 Å². The number of carbonyl (C=O) groups is 2. The Hall–Kier alpha value is -1.68. The van der Waals surface area contributed by atoms with E-state index in [4.69, 9.17) is 5.11 Å². The van der Waals surface area contributed by atoms with Gasteiger partial charge in [0.05, 0.1) is 0 Å². The van der Waals surface area contributed by atoms with Gasteiger partial charge in [0.2, 0.25) is 5.54 Å². The molecule has 0 aliphatic heterocycles. The zero-order valence-electron chi connectivity index (χ0n) is 8.65. The van der Waals surface area contributed by atoms with Crippen molar-refractivity contribution in [1.29, 1.82) is 0 Å². The van der Waals surface area contributed by atoms with Gasteiger partial charge in [-0.15, -0.1) is 0 Å². The van der Waals surface area contributed by atoms with Crippen molar-refractivity contribution in [2.45, 2.75) is 24.8 Å². The zero-order valence-corrected chi connectivity index (χ0v) is 8.65. The first-order valence-electron chi connectivity index (χ1n) is 4.11. The Kier molecular flexibility index (Phi) is 4.44. The van der Waals surface area contributed by atoms with E-state index in [0.29, 0.717) is 0 Å². The Labute approximate surface area is 95.7 Å². The van der Waals surface area contributed by atoms with Crippen LogP contribution in [0.25, 0.3) is 0 Å². The Balaban J connectivity index is 4.74. The maximum absolute atomic E-state index is 12.3. The number of hydrogen-bond donors (Lipinski definition) is 2. The second kappa shape index (κ2) is 4.90. The maximum atomic E-state index is 12.3. The van der Waals surface area contributed by atoms with E-state index in [1.807, 2.05) is 0 Å². The number of rotatable bonds is 3. The molecule has 0 aromatic carbocycles. The molecule has 0 spiro atoms. The van der Waals surface area contributed by atoms with Crippen molar-refractivity contribution in [3.8, 4) is 0 Å². The molecule has 0 saturated heterocycles. The smallest absolute Gasteiger partial charge is 0.422 e. The summed E-state index contributed by atoms with van der Waals surface area (Å²) in [5, 5.41) is 9.15. The van der Waals surface area contributed by atoms with E-state index in [-0.39, 0.29) is 6.92 Å². The molecule has 0 fully saturated rings. The summed E-state index contributed by atoms with van der Waals surface area (Å²) < 4.78 is 75.2.